The summed E-state index contributed by atoms with van der Waals surface area (Å²) in [5.74, 6) is -1.67. The van der Waals surface area contributed by atoms with E-state index in [-0.39, 0.29) is 33.0 Å². The van der Waals surface area contributed by atoms with Gasteiger partial charge in [0, 0.05) is 21.0 Å². The number of hydrogen-bond acceptors (Lipinski definition) is 15. The van der Waals surface area contributed by atoms with E-state index in [1.807, 2.05) is 115 Å². The molecule has 0 aliphatic carbocycles. The van der Waals surface area contributed by atoms with Gasteiger partial charge in [-0.2, -0.15) is 0 Å². The Morgan fingerprint density at radius 1 is 0.516 bits per heavy atom. The van der Waals surface area contributed by atoms with Crippen LogP contribution in [0.3, 0.4) is 0 Å². The largest absolute Gasteiger partial charge is 0.497 e. The van der Waals surface area contributed by atoms with E-state index >= 15 is 0 Å². The van der Waals surface area contributed by atoms with E-state index in [2.05, 4.69) is 0 Å². The fourth-order valence-corrected chi connectivity index (χ4v) is 7.27. The zero-order valence-electron chi connectivity index (χ0n) is 35.4. The molecule has 10 atom stereocenters. The Hall–Kier alpha value is -5.23. The topological polar surface area (TPSA) is 162 Å². The summed E-state index contributed by atoms with van der Waals surface area (Å²) in [4.78, 5) is 38.2. The smallest absolute Gasteiger partial charge is 0.338 e. The molecule has 2 aliphatic heterocycles. The van der Waals surface area contributed by atoms with Gasteiger partial charge in [0.15, 0.2) is 18.5 Å². The lowest BCUT2D eigenvalue weighted by Crippen LogP contribution is -2.67. The van der Waals surface area contributed by atoms with Gasteiger partial charge in [0.25, 0.3) is 0 Å². The Balaban J connectivity index is 1.41. The highest BCUT2D eigenvalue weighted by Crippen LogP contribution is 2.36. The average Bonchev–Trinajstić information content (AvgIpc) is 3.29. The van der Waals surface area contributed by atoms with Crippen molar-refractivity contribution < 1.29 is 71.2 Å². The SMILES string of the molecule is COC(=O)[C@@H]1O[C@H](OC(C)=O)[C@H](OC(C)=O)[C@@H](OC)[C@@H]1O[C@H]1O[C@H](COCc2ccccc2)[C@@H](OCc2ccc(OC)cc2)[C@H](OCc2ccccc2)[C@H]1OCc1ccccc1. The minimum Gasteiger partial charge on any atom is -0.497 e. The number of methoxy groups -OCH3 is 3. The molecule has 2 fully saturated rings. The van der Waals surface area contributed by atoms with Gasteiger partial charge >= 0.3 is 17.9 Å². The zero-order chi connectivity index (χ0) is 43.8. The number of rotatable bonds is 20. The first-order valence-corrected chi connectivity index (χ1v) is 20.3. The van der Waals surface area contributed by atoms with Crippen LogP contribution in [0, 0.1) is 0 Å². The lowest BCUT2D eigenvalue weighted by atomic mass is 9.95. The van der Waals surface area contributed by atoms with Crippen LogP contribution in [0.1, 0.15) is 36.1 Å². The standard InChI is InChI=1S/C47H54O15/c1-30(48)58-44-39(52-4)41(42(45(50)53-5)62-47(44)59-31(2)49)61-46-43(57-27-34-19-13-8-14-20-34)40(56-26-33-17-11-7-12-18-33)38(55-28-35-21-23-36(51-3)24-22-35)37(60-46)29-54-25-32-15-9-6-10-16-32/h6-24,37-44,46-47H,25-29H2,1-5H3/t37-,38-,39+,40+,41+,42-,43-,44-,46-,47+/m1/s1. The van der Waals surface area contributed by atoms with Crippen LogP contribution >= 0.6 is 0 Å². The first-order chi connectivity index (χ1) is 30.2. The molecule has 2 aliphatic rings. The highest BCUT2D eigenvalue weighted by molar-refractivity contribution is 5.76. The number of hydrogen-bond donors (Lipinski definition) is 0. The molecule has 4 aromatic rings. The number of esters is 3. The molecule has 332 valence electrons. The van der Waals surface area contributed by atoms with Gasteiger partial charge in [-0.05, 0) is 34.4 Å². The molecule has 0 amide bonds. The van der Waals surface area contributed by atoms with Gasteiger partial charge in [-0.3, -0.25) is 9.59 Å². The number of ether oxygens (including phenoxy) is 12. The summed E-state index contributed by atoms with van der Waals surface area (Å²) >= 11 is 0. The molecule has 15 heteroatoms. The third-order valence-electron chi connectivity index (χ3n) is 10.2. The molecule has 2 heterocycles. The van der Waals surface area contributed by atoms with Gasteiger partial charge < -0.3 is 56.8 Å². The van der Waals surface area contributed by atoms with Crippen LogP contribution in [-0.2, 0) is 92.9 Å². The average molecular weight is 859 g/mol. The van der Waals surface area contributed by atoms with Gasteiger partial charge in [0.1, 0.15) is 42.4 Å². The fraction of sp³-hybridized carbons (Fsp3) is 0.426. The fourth-order valence-electron chi connectivity index (χ4n) is 7.27. The lowest BCUT2D eigenvalue weighted by molar-refractivity contribution is -0.365. The predicted molar refractivity (Wildman–Crippen MR) is 220 cm³/mol. The minimum atomic E-state index is -1.57. The van der Waals surface area contributed by atoms with Crippen molar-refractivity contribution in [1.29, 1.82) is 0 Å². The number of carbonyl (C=O) groups is 3. The normalized spacial score (nSPS) is 26.0. The minimum absolute atomic E-state index is 0.0124. The van der Waals surface area contributed by atoms with Crippen LogP contribution in [0.2, 0.25) is 0 Å². The molecule has 62 heavy (non-hydrogen) atoms. The second-order valence-electron chi connectivity index (χ2n) is 14.6. The van der Waals surface area contributed by atoms with Crippen molar-refractivity contribution in [2.24, 2.45) is 0 Å². The summed E-state index contributed by atoms with van der Waals surface area (Å²) in [5, 5.41) is 0. The van der Waals surface area contributed by atoms with Crippen molar-refractivity contribution in [3.63, 3.8) is 0 Å². The molecule has 0 N–H and O–H groups in total. The Labute approximate surface area is 361 Å². The zero-order valence-corrected chi connectivity index (χ0v) is 35.4. The van der Waals surface area contributed by atoms with Crippen molar-refractivity contribution in [2.75, 3.05) is 27.9 Å². The van der Waals surface area contributed by atoms with Gasteiger partial charge in [-0.25, -0.2) is 4.79 Å². The van der Waals surface area contributed by atoms with Crippen LogP contribution in [0.5, 0.6) is 5.75 Å². The highest BCUT2D eigenvalue weighted by Gasteiger charge is 2.57. The quantitative estimate of drug-likeness (QED) is 0.0811. The maximum absolute atomic E-state index is 13.5. The maximum Gasteiger partial charge on any atom is 0.338 e. The molecule has 0 saturated carbocycles. The summed E-state index contributed by atoms with van der Waals surface area (Å²) in [6.45, 7) is 3.01. The number of carbonyl (C=O) groups excluding carboxylic acids is 3. The maximum atomic E-state index is 13.5. The second-order valence-corrected chi connectivity index (χ2v) is 14.6. The molecule has 2 saturated heterocycles. The molecule has 0 spiro atoms. The van der Waals surface area contributed by atoms with Crippen LogP contribution < -0.4 is 4.74 Å². The molecule has 0 radical (unpaired) electrons. The molecular formula is C47H54O15. The van der Waals surface area contributed by atoms with Gasteiger partial charge in [0.2, 0.25) is 6.29 Å². The number of benzene rings is 4. The van der Waals surface area contributed by atoms with Crippen molar-refractivity contribution in [1.82, 2.24) is 0 Å². The molecule has 0 unspecified atom stereocenters. The van der Waals surface area contributed by atoms with Crippen molar-refractivity contribution in [2.45, 2.75) is 102 Å². The van der Waals surface area contributed by atoms with E-state index in [9.17, 15) is 14.4 Å². The first-order valence-electron chi connectivity index (χ1n) is 20.3. The Bertz CT molecular complexity index is 1970. The van der Waals surface area contributed by atoms with Crippen LogP contribution in [0.4, 0.5) is 0 Å². The van der Waals surface area contributed by atoms with E-state index in [1.54, 1.807) is 7.11 Å². The lowest BCUT2D eigenvalue weighted by Gasteiger charge is -2.49. The Morgan fingerprint density at radius 3 is 1.55 bits per heavy atom. The van der Waals surface area contributed by atoms with E-state index in [4.69, 9.17) is 56.8 Å². The Morgan fingerprint density at radius 2 is 1.03 bits per heavy atom. The van der Waals surface area contributed by atoms with Gasteiger partial charge in [0.05, 0.1) is 47.3 Å². The summed E-state index contributed by atoms with van der Waals surface area (Å²) in [5.41, 5.74) is 3.53. The van der Waals surface area contributed by atoms with Gasteiger partial charge in [-0.15, -0.1) is 0 Å². The summed E-state index contributed by atoms with van der Waals surface area (Å²) in [6, 6.07) is 36.3. The monoisotopic (exact) mass is 858 g/mol. The molecule has 0 bridgehead atoms. The van der Waals surface area contributed by atoms with Crippen LogP contribution in [-0.4, -0.2) is 107 Å². The van der Waals surface area contributed by atoms with Gasteiger partial charge in [-0.1, -0.05) is 103 Å². The van der Waals surface area contributed by atoms with Crippen molar-refractivity contribution in [3.05, 3.63) is 138 Å². The Kier molecular flexibility index (Phi) is 17.4. The summed E-state index contributed by atoms with van der Waals surface area (Å²) < 4.78 is 73.8. The van der Waals surface area contributed by atoms with Crippen molar-refractivity contribution >= 4 is 17.9 Å². The van der Waals surface area contributed by atoms with Crippen LogP contribution in [0.25, 0.3) is 0 Å². The van der Waals surface area contributed by atoms with E-state index in [0.717, 1.165) is 29.2 Å². The predicted octanol–water partition coefficient (Wildman–Crippen LogP) is 5.49. The molecule has 15 nitrogen and oxygen atoms in total. The third kappa shape index (κ3) is 12.7. The molecule has 0 aromatic heterocycles. The summed E-state index contributed by atoms with van der Waals surface area (Å²) in [6.07, 6.45) is -12.1. The first kappa shape index (κ1) is 46.3. The third-order valence-corrected chi connectivity index (χ3v) is 10.2. The summed E-state index contributed by atoms with van der Waals surface area (Å²) in [7, 11) is 4.11. The second kappa shape index (κ2) is 23.3. The van der Waals surface area contributed by atoms with E-state index in [0.29, 0.717) is 5.75 Å². The molecular weight excluding hydrogens is 805 g/mol. The van der Waals surface area contributed by atoms with Crippen LogP contribution in [0.15, 0.2) is 115 Å². The van der Waals surface area contributed by atoms with Crippen molar-refractivity contribution in [3.8, 4) is 5.75 Å². The highest BCUT2D eigenvalue weighted by atomic mass is 16.8. The van der Waals surface area contributed by atoms with E-state index in [1.165, 1.54) is 21.1 Å². The van der Waals surface area contributed by atoms with E-state index < -0.39 is 79.3 Å². The molecule has 4 aromatic carbocycles. The molecule has 6 rings (SSSR count).